The van der Waals surface area contributed by atoms with Gasteiger partial charge in [0.05, 0.1) is 31.3 Å². The summed E-state index contributed by atoms with van der Waals surface area (Å²) >= 11 is 0. The molecule has 4 rings (SSSR count). The van der Waals surface area contributed by atoms with Gasteiger partial charge in [-0.05, 0) is 98.2 Å². The predicted molar refractivity (Wildman–Crippen MR) is 158 cm³/mol. The Balaban J connectivity index is 1.74. The van der Waals surface area contributed by atoms with E-state index in [0.717, 1.165) is 52.7 Å². The van der Waals surface area contributed by atoms with E-state index in [1.807, 2.05) is 29.8 Å². The van der Waals surface area contributed by atoms with Crippen molar-refractivity contribution >= 4 is 10.9 Å². The van der Waals surface area contributed by atoms with E-state index in [-0.39, 0.29) is 17.1 Å². The average molecular weight is 547 g/mol. The number of nitrogens with one attached hydrogen (secondary N) is 1. The maximum Gasteiger partial charge on any atom is 0.252 e. The second kappa shape index (κ2) is 12.2. The van der Waals surface area contributed by atoms with Crippen LogP contribution >= 0.6 is 0 Å². The quantitative estimate of drug-likeness (QED) is 0.251. The van der Waals surface area contributed by atoms with E-state index >= 15 is 0 Å². The standard InChI is InChI=1S/C31H42N6O3/c1-9-25(29-33-34-35-37(29)31(5,6)10-2)36(14-13-22-11-12-26(39-7)27(17-22)40-8)19-24-18-23-16-20(3)15-21(4)28(23)32-30(24)38/h11-12,15-18,25H,9-10,13-14,19H2,1-8H3,(H,32,38)/t25-/m1/s1. The summed E-state index contributed by atoms with van der Waals surface area (Å²) in [6.45, 7) is 13.8. The molecule has 2 aromatic heterocycles. The molecule has 0 aliphatic rings. The number of benzene rings is 2. The van der Waals surface area contributed by atoms with Gasteiger partial charge in [0.2, 0.25) is 0 Å². The van der Waals surface area contributed by atoms with Crippen LogP contribution in [0.5, 0.6) is 11.5 Å². The summed E-state index contributed by atoms with van der Waals surface area (Å²) in [6, 6.07) is 12.2. The Bertz CT molecular complexity index is 1520. The number of aromatic amines is 1. The van der Waals surface area contributed by atoms with Crippen molar-refractivity contribution in [1.29, 1.82) is 0 Å². The van der Waals surface area contributed by atoms with Crippen LogP contribution in [0.25, 0.3) is 10.9 Å². The number of aryl methyl sites for hydroxylation is 2. The zero-order valence-electron chi connectivity index (χ0n) is 25.0. The monoisotopic (exact) mass is 546 g/mol. The first-order valence-electron chi connectivity index (χ1n) is 14.0. The van der Waals surface area contributed by atoms with Crippen LogP contribution in [-0.2, 0) is 18.5 Å². The minimum absolute atomic E-state index is 0.0705. The number of ether oxygens (including phenoxy) is 2. The highest BCUT2D eigenvalue weighted by atomic mass is 16.5. The Morgan fingerprint density at radius 2 is 1.80 bits per heavy atom. The topological polar surface area (TPSA) is 98.2 Å². The number of nitrogens with zero attached hydrogens (tertiary/aromatic N) is 5. The molecular weight excluding hydrogens is 504 g/mol. The molecule has 4 aromatic rings. The Labute approximate surface area is 236 Å². The van der Waals surface area contributed by atoms with E-state index in [9.17, 15) is 4.79 Å². The van der Waals surface area contributed by atoms with Crippen molar-refractivity contribution in [3.05, 3.63) is 74.8 Å². The van der Waals surface area contributed by atoms with Gasteiger partial charge in [0.25, 0.3) is 5.56 Å². The minimum Gasteiger partial charge on any atom is -0.493 e. The van der Waals surface area contributed by atoms with Crippen molar-refractivity contribution in [2.24, 2.45) is 0 Å². The van der Waals surface area contributed by atoms with Gasteiger partial charge in [0.15, 0.2) is 17.3 Å². The Morgan fingerprint density at radius 3 is 2.48 bits per heavy atom. The van der Waals surface area contributed by atoms with E-state index in [2.05, 4.69) is 78.2 Å². The van der Waals surface area contributed by atoms with Crippen molar-refractivity contribution in [3.63, 3.8) is 0 Å². The normalized spacial score (nSPS) is 12.7. The van der Waals surface area contributed by atoms with Crippen molar-refractivity contribution < 1.29 is 9.47 Å². The lowest BCUT2D eigenvalue weighted by Crippen LogP contribution is -2.37. The lowest BCUT2D eigenvalue weighted by atomic mass is 10.0. The maximum absolute atomic E-state index is 13.3. The first-order valence-corrected chi connectivity index (χ1v) is 14.0. The van der Waals surface area contributed by atoms with Crippen LogP contribution in [0.4, 0.5) is 0 Å². The molecule has 0 fully saturated rings. The third-order valence-electron chi connectivity index (χ3n) is 7.94. The predicted octanol–water partition coefficient (Wildman–Crippen LogP) is 5.49. The summed E-state index contributed by atoms with van der Waals surface area (Å²) < 4.78 is 12.9. The molecule has 0 saturated carbocycles. The highest BCUT2D eigenvalue weighted by molar-refractivity contribution is 5.82. The Morgan fingerprint density at radius 1 is 1.05 bits per heavy atom. The minimum atomic E-state index is -0.239. The third kappa shape index (κ3) is 6.04. The number of hydrogen-bond donors (Lipinski definition) is 1. The largest absolute Gasteiger partial charge is 0.493 e. The van der Waals surface area contributed by atoms with Gasteiger partial charge in [0.1, 0.15) is 0 Å². The SMILES string of the molecule is CC[C@H](c1nnnn1C(C)(C)CC)N(CCc1ccc(OC)c(OC)c1)Cc1cc2cc(C)cc(C)c2[nH]c1=O. The van der Waals surface area contributed by atoms with E-state index in [1.165, 1.54) is 5.56 Å². The van der Waals surface area contributed by atoms with Gasteiger partial charge in [-0.3, -0.25) is 9.69 Å². The van der Waals surface area contributed by atoms with E-state index in [1.54, 1.807) is 14.2 Å². The fourth-order valence-electron chi connectivity index (χ4n) is 5.31. The summed E-state index contributed by atoms with van der Waals surface area (Å²) in [5.74, 6) is 2.21. The van der Waals surface area contributed by atoms with Gasteiger partial charge in [-0.15, -0.1) is 5.10 Å². The summed E-state index contributed by atoms with van der Waals surface area (Å²) in [6.07, 6.45) is 2.42. The molecule has 0 radical (unpaired) electrons. The Hall–Kier alpha value is -3.72. The molecule has 2 aromatic carbocycles. The first-order chi connectivity index (χ1) is 19.1. The second-order valence-corrected chi connectivity index (χ2v) is 11.1. The number of tetrazole rings is 1. The van der Waals surface area contributed by atoms with Crippen LogP contribution in [0, 0.1) is 13.8 Å². The third-order valence-corrected chi connectivity index (χ3v) is 7.94. The number of rotatable bonds is 12. The highest BCUT2D eigenvalue weighted by Gasteiger charge is 2.31. The summed E-state index contributed by atoms with van der Waals surface area (Å²) in [4.78, 5) is 18.8. The van der Waals surface area contributed by atoms with Gasteiger partial charge >= 0.3 is 0 Å². The summed E-state index contributed by atoms with van der Waals surface area (Å²) in [7, 11) is 3.28. The number of H-pyrrole nitrogens is 1. The van der Waals surface area contributed by atoms with Gasteiger partial charge in [-0.2, -0.15) is 0 Å². The molecule has 0 amide bonds. The smallest absolute Gasteiger partial charge is 0.252 e. The molecule has 0 spiro atoms. The highest BCUT2D eigenvalue weighted by Crippen LogP contribution is 2.31. The van der Waals surface area contributed by atoms with Crippen molar-refractivity contribution in [3.8, 4) is 11.5 Å². The number of hydrogen-bond acceptors (Lipinski definition) is 7. The van der Waals surface area contributed by atoms with Gasteiger partial charge in [-0.25, -0.2) is 4.68 Å². The average Bonchev–Trinajstić information content (AvgIpc) is 3.43. The lowest BCUT2D eigenvalue weighted by molar-refractivity contribution is 0.160. The molecule has 9 heteroatoms. The number of aromatic nitrogens is 5. The van der Waals surface area contributed by atoms with Gasteiger partial charge in [-0.1, -0.05) is 31.5 Å². The summed E-state index contributed by atoms with van der Waals surface area (Å²) in [5, 5.41) is 14.0. The first kappa shape index (κ1) is 29.3. The molecule has 40 heavy (non-hydrogen) atoms. The molecule has 1 atom stereocenters. The molecular formula is C31H42N6O3. The van der Waals surface area contributed by atoms with Crippen LogP contribution < -0.4 is 15.0 Å². The number of fused-ring (bicyclic) bond motifs is 1. The molecule has 1 N–H and O–H groups in total. The van der Waals surface area contributed by atoms with Crippen LogP contribution in [0.3, 0.4) is 0 Å². The molecule has 0 aliphatic carbocycles. The fourth-order valence-corrected chi connectivity index (χ4v) is 5.31. The zero-order chi connectivity index (χ0) is 29.0. The molecule has 214 valence electrons. The van der Waals surface area contributed by atoms with Crippen molar-refractivity contribution in [1.82, 2.24) is 30.1 Å². The Kier molecular flexibility index (Phi) is 8.93. The van der Waals surface area contributed by atoms with Gasteiger partial charge in [0, 0.05) is 18.7 Å². The number of pyridine rings is 1. The molecule has 0 aliphatic heterocycles. The molecule has 9 nitrogen and oxygen atoms in total. The lowest BCUT2D eigenvalue weighted by Gasteiger charge is -2.33. The molecule has 0 unspecified atom stereocenters. The van der Waals surface area contributed by atoms with Crippen molar-refractivity contribution in [2.75, 3.05) is 20.8 Å². The van der Waals surface area contributed by atoms with Crippen LogP contribution in [0.1, 0.15) is 74.7 Å². The van der Waals surface area contributed by atoms with E-state index < -0.39 is 0 Å². The van der Waals surface area contributed by atoms with Crippen LogP contribution in [-0.4, -0.2) is 50.9 Å². The molecule has 0 saturated heterocycles. The maximum atomic E-state index is 13.3. The molecule has 0 bridgehead atoms. The fraction of sp³-hybridized carbons (Fsp3) is 0.484. The van der Waals surface area contributed by atoms with E-state index in [0.29, 0.717) is 24.6 Å². The van der Waals surface area contributed by atoms with Crippen LogP contribution in [0.15, 0.2) is 41.2 Å². The summed E-state index contributed by atoms with van der Waals surface area (Å²) in [5.41, 5.74) is 4.64. The zero-order valence-corrected chi connectivity index (χ0v) is 25.0. The number of methoxy groups -OCH3 is 2. The molecule has 2 heterocycles. The second-order valence-electron chi connectivity index (χ2n) is 11.1. The van der Waals surface area contributed by atoms with Crippen molar-refractivity contribution in [2.45, 2.75) is 78.9 Å². The van der Waals surface area contributed by atoms with E-state index in [4.69, 9.17) is 9.47 Å². The van der Waals surface area contributed by atoms with Gasteiger partial charge < -0.3 is 14.5 Å². The van der Waals surface area contributed by atoms with Crippen LogP contribution in [0.2, 0.25) is 0 Å².